The number of rotatable bonds is 6. The molecule has 7 nitrogen and oxygen atoms in total. The standard InChI is InChI=1S/C21H18ClN3O4S/c1-23-20(26)15-3-2-4-18(13-15)24-21(27)14-5-11-19(12-6-14)30(28,29)25-17-9-7-16(22)8-10-17/h2-13,25H,1H3,(H,23,26)(H,24,27). The summed E-state index contributed by atoms with van der Waals surface area (Å²) >= 11 is 5.80. The lowest BCUT2D eigenvalue weighted by Gasteiger charge is -2.10. The fourth-order valence-corrected chi connectivity index (χ4v) is 3.79. The zero-order chi connectivity index (χ0) is 21.7. The predicted octanol–water partition coefficient (Wildman–Crippen LogP) is 3.75. The van der Waals surface area contributed by atoms with Crippen molar-refractivity contribution in [3.05, 3.63) is 88.9 Å². The number of halogens is 1. The molecule has 9 heteroatoms. The van der Waals surface area contributed by atoms with Crippen LogP contribution in [0.1, 0.15) is 20.7 Å². The minimum atomic E-state index is -3.81. The molecule has 0 aliphatic rings. The molecule has 0 bridgehead atoms. The molecule has 154 valence electrons. The third-order valence-electron chi connectivity index (χ3n) is 4.13. The van der Waals surface area contributed by atoms with Crippen molar-refractivity contribution in [2.45, 2.75) is 4.90 Å². The molecule has 0 aliphatic carbocycles. The maximum absolute atomic E-state index is 12.5. The Morgan fingerprint density at radius 2 is 1.47 bits per heavy atom. The van der Waals surface area contributed by atoms with Crippen LogP contribution < -0.4 is 15.4 Å². The van der Waals surface area contributed by atoms with E-state index in [9.17, 15) is 18.0 Å². The summed E-state index contributed by atoms with van der Waals surface area (Å²) in [5, 5.41) is 5.69. The Balaban J connectivity index is 1.72. The molecule has 3 aromatic rings. The molecule has 0 saturated carbocycles. The molecule has 3 N–H and O–H groups in total. The van der Waals surface area contributed by atoms with Crippen molar-refractivity contribution >= 4 is 44.8 Å². The molecule has 0 aliphatic heterocycles. The first kappa shape index (κ1) is 21.4. The maximum Gasteiger partial charge on any atom is 0.261 e. The highest BCUT2D eigenvalue weighted by Gasteiger charge is 2.15. The summed E-state index contributed by atoms with van der Waals surface area (Å²) in [7, 11) is -2.30. The number of benzene rings is 3. The maximum atomic E-state index is 12.5. The number of hydrogen-bond donors (Lipinski definition) is 3. The fraction of sp³-hybridized carbons (Fsp3) is 0.0476. The molecule has 0 heterocycles. The largest absolute Gasteiger partial charge is 0.355 e. The van der Waals surface area contributed by atoms with Crippen molar-refractivity contribution in [2.24, 2.45) is 0 Å². The van der Waals surface area contributed by atoms with E-state index in [-0.39, 0.29) is 16.4 Å². The van der Waals surface area contributed by atoms with E-state index in [2.05, 4.69) is 15.4 Å². The van der Waals surface area contributed by atoms with Crippen LogP contribution >= 0.6 is 11.6 Å². The molecule has 3 aromatic carbocycles. The van der Waals surface area contributed by atoms with Crippen molar-refractivity contribution in [3.63, 3.8) is 0 Å². The summed E-state index contributed by atoms with van der Waals surface area (Å²) in [4.78, 5) is 24.2. The zero-order valence-electron chi connectivity index (χ0n) is 15.8. The highest BCUT2D eigenvalue weighted by Crippen LogP contribution is 2.19. The molecule has 0 radical (unpaired) electrons. The predicted molar refractivity (Wildman–Crippen MR) is 116 cm³/mol. The smallest absolute Gasteiger partial charge is 0.261 e. The highest BCUT2D eigenvalue weighted by molar-refractivity contribution is 7.92. The number of amides is 2. The third kappa shape index (κ3) is 5.16. The van der Waals surface area contributed by atoms with Gasteiger partial charge in [0.05, 0.1) is 4.90 Å². The van der Waals surface area contributed by atoms with Gasteiger partial charge in [-0.15, -0.1) is 0 Å². The van der Waals surface area contributed by atoms with E-state index >= 15 is 0 Å². The van der Waals surface area contributed by atoms with E-state index in [1.54, 1.807) is 48.5 Å². The SMILES string of the molecule is CNC(=O)c1cccc(NC(=O)c2ccc(S(=O)(=O)Nc3ccc(Cl)cc3)cc2)c1. The van der Waals surface area contributed by atoms with Crippen LogP contribution in [0.25, 0.3) is 0 Å². The van der Waals surface area contributed by atoms with Gasteiger partial charge < -0.3 is 10.6 Å². The number of anilines is 2. The van der Waals surface area contributed by atoms with Crippen molar-refractivity contribution in [1.82, 2.24) is 5.32 Å². The van der Waals surface area contributed by atoms with Crippen LogP contribution in [0.5, 0.6) is 0 Å². The quantitative estimate of drug-likeness (QED) is 0.539. The number of nitrogens with one attached hydrogen (secondary N) is 3. The average Bonchev–Trinajstić information content (AvgIpc) is 2.75. The summed E-state index contributed by atoms with van der Waals surface area (Å²) in [6.07, 6.45) is 0. The molecule has 0 saturated heterocycles. The second kappa shape index (κ2) is 8.98. The van der Waals surface area contributed by atoms with Crippen LogP contribution in [0.15, 0.2) is 77.7 Å². The first-order valence-electron chi connectivity index (χ1n) is 8.80. The number of carbonyl (C=O) groups excluding carboxylic acids is 2. The van der Waals surface area contributed by atoms with Crippen molar-refractivity contribution < 1.29 is 18.0 Å². The first-order valence-corrected chi connectivity index (χ1v) is 10.7. The van der Waals surface area contributed by atoms with Gasteiger partial charge in [0, 0.05) is 34.6 Å². The van der Waals surface area contributed by atoms with Gasteiger partial charge in [-0.2, -0.15) is 0 Å². The van der Waals surface area contributed by atoms with Gasteiger partial charge in [0.15, 0.2) is 0 Å². The Morgan fingerprint density at radius 1 is 0.800 bits per heavy atom. The normalized spacial score (nSPS) is 10.9. The van der Waals surface area contributed by atoms with Gasteiger partial charge in [0.1, 0.15) is 0 Å². The second-order valence-corrected chi connectivity index (χ2v) is 8.37. The van der Waals surface area contributed by atoms with Gasteiger partial charge in [-0.3, -0.25) is 14.3 Å². The Hall–Kier alpha value is -3.36. The summed E-state index contributed by atoms with van der Waals surface area (Å²) in [6, 6.07) is 18.2. The van der Waals surface area contributed by atoms with E-state index < -0.39 is 15.9 Å². The van der Waals surface area contributed by atoms with Crippen molar-refractivity contribution in [3.8, 4) is 0 Å². The van der Waals surface area contributed by atoms with Crippen LogP contribution in [-0.4, -0.2) is 27.3 Å². The lowest BCUT2D eigenvalue weighted by molar-refractivity contribution is 0.0961. The highest BCUT2D eigenvalue weighted by atomic mass is 35.5. The number of hydrogen-bond acceptors (Lipinski definition) is 4. The molecular formula is C21H18ClN3O4S. The summed E-state index contributed by atoms with van der Waals surface area (Å²) < 4.78 is 27.5. The Morgan fingerprint density at radius 3 is 2.10 bits per heavy atom. The van der Waals surface area contributed by atoms with Crippen LogP contribution in [0.3, 0.4) is 0 Å². The van der Waals surface area contributed by atoms with Crippen LogP contribution in [0, 0.1) is 0 Å². The Labute approximate surface area is 179 Å². The molecule has 0 unspecified atom stereocenters. The van der Waals surface area contributed by atoms with E-state index in [0.717, 1.165) is 0 Å². The zero-order valence-corrected chi connectivity index (χ0v) is 17.4. The fourth-order valence-electron chi connectivity index (χ4n) is 2.60. The van der Waals surface area contributed by atoms with Gasteiger partial charge in [-0.25, -0.2) is 8.42 Å². The molecule has 0 spiro atoms. The molecule has 0 fully saturated rings. The topological polar surface area (TPSA) is 104 Å². The summed E-state index contributed by atoms with van der Waals surface area (Å²) in [5.74, 6) is -0.701. The second-order valence-electron chi connectivity index (χ2n) is 6.25. The van der Waals surface area contributed by atoms with Crippen LogP contribution in [0.2, 0.25) is 5.02 Å². The number of carbonyl (C=O) groups is 2. The van der Waals surface area contributed by atoms with Gasteiger partial charge in [-0.05, 0) is 66.7 Å². The molecule has 3 rings (SSSR count). The van der Waals surface area contributed by atoms with Crippen molar-refractivity contribution in [2.75, 3.05) is 17.1 Å². The molecule has 0 atom stereocenters. The van der Waals surface area contributed by atoms with Crippen LogP contribution in [0.4, 0.5) is 11.4 Å². The van der Waals surface area contributed by atoms with E-state index in [1.165, 1.54) is 31.3 Å². The monoisotopic (exact) mass is 443 g/mol. The summed E-state index contributed by atoms with van der Waals surface area (Å²) in [6.45, 7) is 0. The third-order valence-corrected chi connectivity index (χ3v) is 5.78. The lowest BCUT2D eigenvalue weighted by atomic mass is 10.1. The van der Waals surface area contributed by atoms with Gasteiger partial charge >= 0.3 is 0 Å². The Kier molecular flexibility index (Phi) is 6.39. The van der Waals surface area contributed by atoms with Gasteiger partial charge in [-0.1, -0.05) is 17.7 Å². The van der Waals surface area contributed by atoms with E-state index in [1.807, 2.05) is 0 Å². The van der Waals surface area contributed by atoms with Gasteiger partial charge in [0.2, 0.25) is 0 Å². The van der Waals surface area contributed by atoms with E-state index in [4.69, 9.17) is 11.6 Å². The molecular weight excluding hydrogens is 426 g/mol. The van der Waals surface area contributed by atoms with Gasteiger partial charge in [0.25, 0.3) is 21.8 Å². The minimum absolute atomic E-state index is 0.00983. The van der Waals surface area contributed by atoms with Crippen molar-refractivity contribution in [1.29, 1.82) is 0 Å². The van der Waals surface area contributed by atoms with E-state index in [0.29, 0.717) is 22.0 Å². The average molecular weight is 444 g/mol. The first-order chi connectivity index (χ1) is 14.3. The summed E-state index contributed by atoms with van der Waals surface area (Å²) in [5.41, 5.74) is 1.50. The molecule has 2 amide bonds. The minimum Gasteiger partial charge on any atom is -0.355 e. The molecule has 30 heavy (non-hydrogen) atoms. The lowest BCUT2D eigenvalue weighted by Crippen LogP contribution is -2.18. The van der Waals surface area contributed by atoms with Crippen LogP contribution in [-0.2, 0) is 10.0 Å². The Bertz CT molecular complexity index is 1180. The molecule has 0 aromatic heterocycles. The number of sulfonamides is 1.